The van der Waals surface area contributed by atoms with Gasteiger partial charge in [0, 0.05) is 0 Å². The maximum absolute atomic E-state index is 2.48. The van der Waals surface area contributed by atoms with Crippen LogP contribution in [0, 0.1) is 28.1 Å². The van der Waals surface area contributed by atoms with Gasteiger partial charge in [-0.05, 0) is 0 Å². The van der Waals surface area contributed by atoms with Gasteiger partial charge in [0.1, 0.15) is 0 Å². The molecule has 0 spiro atoms. The van der Waals surface area contributed by atoms with Crippen molar-refractivity contribution in [2.24, 2.45) is 0 Å². The van der Waals surface area contributed by atoms with E-state index in [-0.39, 0.29) is 0 Å². The average Bonchev–Trinajstić information content (AvgIpc) is 2.08. The third-order valence-corrected chi connectivity index (χ3v) is 10.2. The zero-order valence-electron chi connectivity index (χ0n) is 6.52. The van der Waals surface area contributed by atoms with Crippen molar-refractivity contribution in [1.82, 2.24) is 0 Å². The summed E-state index contributed by atoms with van der Waals surface area (Å²) >= 11 is -1.77. The van der Waals surface area contributed by atoms with Gasteiger partial charge >= 0.3 is 64.7 Å². The molecule has 0 atom stereocenters. The number of hydrogen-bond acceptors (Lipinski definition) is 0. The molecule has 1 rings (SSSR count). The topological polar surface area (TPSA) is 0 Å². The molecule has 1 heteroatoms. The van der Waals surface area contributed by atoms with Crippen LogP contribution in [0.2, 0.25) is 9.98 Å². The zero-order valence-corrected chi connectivity index (χ0v) is 10.1. The van der Waals surface area contributed by atoms with Crippen LogP contribution in [0.1, 0.15) is 6.42 Å². The minimum absolute atomic E-state index is 1.26. The molecule has 0 nitrogen and oxygen atoms in total. The second-order valence-corrected chi connectivity index (χ2v) is 22.6. The Bertz CT molecular complexity index is 158. The van der Waals surface area contributed by atoms with E-state index in [1.54, 1.807) is 1.98 Å². The van der Waals surface area contributed by atoms with Crippen molar-refractivity contribution in [3.63, 3.8) is 0 Å². The third kappa shape index (κ3) is 2.07. The molecule has 0 N–H and O–H groups in total. The van der Waals surface area contributed by atoms with Crippen LogP contribution in [0.15, 0.2) is 20.2 Å². The van der Waals surface area contributed by atoms with Crippen LogP contribution in [-0.2, 0) is 0 Å². The van der Waals surface area contributed by atoms with Gasteiger partial charge in [0.15, 0.2) is 0 Å². The molecule has 0 unspecified atom stereocenters. The molecule has 0 saturated carbocycles. The Hall–Kier alpha value is 0.675. The van der Waals surface area contributed by atoms with E-state index in [1.807, 2.05) is 0 Å². The molecule has 0 heterocycles. The first-order chi connectivity index (χ1) is 4.11. The minimum atomic E-state index is -1.77. The Labute approximate surface area is 64.2 Å². The van der Waals surface area contributed by atoms with Crippen molar-refractivity contribution < 1.29 is 28.1 Å². The van der Waals surface area contributed by atoms with E-state index >= 15 is 0 Å². The van der Waals surface area contributed by atoms with Gasteiger partial charge in [-0.3, -0.25) is 0 Å². The van der Waals surface area contributed by atoms with E-state index in [0.717, 1.165) is 0 Å². The molecule has 0 saturated heterocycles. The van der Waals surface area contributed by atoms with Crippen LogP contribution < -0.4 is 0 Å². The number of hydrogen-bond donors (Lipinski definition) is 0. The molecule has 49 valence electrons. The molecule has 0 amide bonds. The summed E-state index contributed by atoms with van der Waals surface area (Å²) in [4.78, 5) is 0. The first kappa shape index (κ1) is 7.78. The second-order valence-electron chi connectivity index (χ2n) is 3.97. The van der Waals surface area contributed by atoms with Crippen molar-refractivity contribution in [2.75, 3.05) is 0 Å². The summed E-state index contributed by atoms with van der Waals surface area (Å²) in [7, 11) is 0. The molecule has 0 aromatic rings. The predicted octanol–water partition coefficient (Wildman–Crippen LogP) is 3.13. The monoisotopic (exact) mass is 249 g/mol. The normalized spacial score (nSPS) is 18.3. The fourth-order valence-electron chi connectivity index (χ4n) is 1.11. The molecule has 1 aliphatic carbocycles. The zero-order chi connectivity index (χ0) is 6.91. The van der Waals surface area contributed by atoms with E-state index in [0.29, 0.717) is 0 Å². The molecule has 0 aliphatic heterocycles. The van der Waals surface area contributed by atoms with Gasteiger partial charge in [-0.2, -0.15) is 0 Å². The summed E-state index contributed by atoms with van der Waals surface area (Å²) in [5.41, 5.74) is 0. The third-order valence-electron chi connectivity index (χ3n) is 1.91. The van der Waals surface area contributed by atoms with Crippen LogP contribution in [0.3, 0.4) is 0 Å². The van der Waals surface area contributed by atoms with E-state index < -0.39 is 28.1 Å². The Balaban J connectivity index is 2.66. The fraction of sp³-hybridized carbons (Fsp3) is 0.500. The van der Waals surface area contributed by atoms with Crippen molar-refractivity contribution in [2.45, 2.75) is 16.4 Å². The van der Waals surface area contributed by atoms with Crippen molar-refractivity contribution in [3.8, 4) is 0 Å². The van der Waals surface area contributed by atoms with E-state index in [9.17, 15) is 0 Å². The van der Waals surface area contributed by atoms with Crippen molar-refractivity contribution >= 4 is 0 Å². The van der Waals surface area contributed by atoms with Crippen molar-refractivity contribution in [3.05, 3.63) is 20.2 Å². The van der Waals surface area contributed by atoms with Crippen molar-refractivity contribution in [1.29, 1.82) is 0 Å². The molecule has 1 aliphatic rings. The van der Waals surface area contributed by atoms with Gasteiger partial charge in [0.2, 0.25) is 0 Å². The summed E-state index contributed by atoms with van der Waals surface area (Å²) in [5, 5.41) is 0. The molecular weight excluding hydrogens is 235 g/mol. The summed E-state index contributed by atoms with van der Waals surface area (Å²) in [6, 6.07) is 0. The van der Waals surface area contributed by atoms with Crippen LogP contribution in [0.25, 0.3) is 0 Å². The quantitative estimate of drug-likeness (QED) is 0.669. The number of rotatable bonds is 1. The van der Waals surface area contributed by atoms with Crippen LogP contribution in [-0.4, -0.2) is 0 Å². The Morgan fingerprint density at radius 3 is 2.22 bits per heavy atom. The van der Waals surface area contributed by atoms with E-state index in [2.05, 4.69) is 28.2 Å². The van der Waals surface area contributed by atoms with Crippen LogP contribution in [0.5, 0.6) is 0 Å². The Morgan fingerprint density at radius 1 is 1.33 bits per heavy atom. The first-order valence-electron chi connectivity index (χ1n) is 3.74. The van der Waals surface area contributed by atoms with E-state index in [4.69, 9.17) is 0 Å². The van der Waals surface area contributed by atoms with Crippen LogP contribution >= 0.6 is 0 Å². The second kappa shape index (κ2) is 2.73. The van der Waals surface area contributed by atoms with Gasteiger partial charge in [0.05, 0.1) is 0 Å². The summed E-state index contributed by atoms with van der Waals surface area (Å²) in [6.07, 6.45) is 8.05. The number of allylic oxidation sites excluding steroid dienone is 4. The van der Waals surface area contributed by atoms with E-state index in [1.165, 1.54) is 6.42 Å². The first-order valence-corrected chi connectivity index (χ1v) is 16.4. The van der Waals surface area contributed by atoms with Gasteiger partial charge < -0.3 is 0 Å². The average molecular weight is 249 g/mol. The molecule has 0 radical (unpaired) electrons. The molecule has 9 heavy (non-hydrogen) atoms. The predicted molar refractivity (Wildman–Crippen MR) is 39.4 cm³/mol. The molecule has 0 fully saturated rings. The molecule has 0 bridgehead atoms. The Kier molecular flexibility index (Phi) is 2.36. The molecular formula is C8H14La. The molecule has 0 aromatic carbocycles. The molecule has 0 aromatic heterocycles. The Morgan fingerprint density at radius 2 is 2.00 bits per heavy atom. The maximum atomic E-state index is 2.48. The summed E-state index contributed by atoms with van der Waals surface area (Å²) in [6.45, 7) is 0. The summed E-state index contributed by atoms with van der Waals surface area (Å²) in [5.74, 6) is 0. The standard InChI is InChI=1S/C5H5.3CH3.La/c1-2-4-5-3-1;;;;/h1-3H,4H2;3*1H3;. The van der Waals surface area contributed by atoms with Gasteiger partial charge in [-0.1, -0.05) is 0 Å². The SMILES string of the molecule is [CH3][La]([CH3])([CH3])[C]1=CC=CC1. The van der Waals surface area contributed by atoms with Gasteiger partial charge in [-0.15, -0.1) is 0 Å². The van der Waals surface area contributed by atoms with Crippen LogP contribution in [0.4, 0.5) is 0 Å². The van der Waals surface area contributed by atoms with Gasteiger partial charge in [0.25, 0.3) is 0 Å². The fourth-order valence-corrected chi connectivity index (χ4v) is 5.92. The van der Waals surface area contributed by atoms with Gasteiger partial charge in [-0.25, -0.2) is 0 Å². The summed E-state index contributed by atoms with van der Waals surface area (Å²) < 4.78 is 9.23.